The van der Waals surface area contributed by atoms with E-state index in [-0.39, 0.29) is 23.7 Å². The predicted octanol–water partition coefficient (Wildman–Crippen LogP) is 3.21. The van der Waals surface area contributed by atoms with E-state index < -0.39 is 5.97 Å². The van der Waals surface area contributed by atoms with Crippen molar-refractivity contribution in [2.75, 3.05) is 21.3 Å². The van der Waals surface area contributed by atoms with Crippen LogP contribution >= 0.6 is 0 Å². The van der Waals surface area contributed by atoms with Crippen LogP contribution in [0.1, 0.15) is 15.9 Å². The van der Waals surface area contributed by atoms with Crippen LogP contribution in [0.2, 0.25) is 0 Å². The van der Waals surface area contributed by atoms with Crippen molar-refractivity contribution >= 4 is 5.97 Å². The van der Waals surface area contributed by atoms with Crippen LogP contribution in [0.3, 0.4) is 0 Å². The second-order valence-electron chi connectivity index (χ2n) is 4.58. The lowest BCUT2D eigenvalue weighted by Gasteiger charge is -2.15. The molecule has 0 saturated heterocycles. The first-order valence-electron chi connectivity index (χ1n) is 6.81. The van der Waals surface area contributed by atoms with Crippen LogP contribution in [-0.2, 0) is 11.3 Å². The third-order valence-corrected chi connectivity index (χ3v) is 3.21. The Morgan fingerprint density at radius 3 is 2.13 bits per heavy atom. The van der Waals surface area contributed by atoms with Gasteiger partial charge in [0.05, 0.1) is 21.3 Å². The fourth-order valence-electron chi connectivity index (χ4n) is 2.07. The highest BCUT2D eigenvalue weighted by atomic mass is 19.1. The number of hydrogen-bond donors (Lipinski definition) is 0. The minimum absolute atomic E-state index is 0.0244. The Morgan fingerprint density at radius 1 is 0.913 bits per heavy atom. The molecule has 5 nitrogen and oxygen atoms in total. The summed E-state index contributed by atoms with van der Waals surface area (Å²) in [5.74, 6) is 0.0652. The molecule has 0 aromatic heterocycles. The highest BCUT2D eigenvalue weighted by molar-refractivity contribution is 5.94. The summed E-state index contributed by atoms with van der Waals surface area (Å²) in [4.78, 5) is 12.3. The fourth-order valence-corrected chi connectivity index (χ4v) is 2.07. The Morgan fingerprint density at radius 2 is 1.57 bits per heavy atom. The highest BCUT2D eigenvalue weighted by Gasteiger charge is 2.21. The molecular formula is C17H17FO5. The minimum atomic E-state index is -0.577. The largest absolute Gasteiger partial charge is 0.493 e. The van der Waals surface area contributed by atoms with E-state index in [9.17, 15) is 9.18 Å². The van der Waals surface area contributed by atoms with Crippen molar-refractivity contribution in [1.29, 1.82) is 0 Å². The second-order valence-corrected chi connectivity index (χ2v) is 4.58. The molecule has 122 valence electrons. The molecule has 0 saturated carbocycles. The summed E-state index contributed by atoms with van der Waals surface area (Å²) >= 11 is 0. The third kappa shape index (κ3) is 3.71. The number of methoxy groups -OCH3 is 3. The lowest BCUT2D eigenvalue weighted by molar-refractivity contribution is 0.0468. The summed E-state index contributed by atoms with van der Waals surface area (Å²) in [7, 11) is 4.37. The lowest BCUT2D eigenvalue weighted by Crippen LogP contribution is -2.08. The number of halogens is 1. The van der Waals surface area contributed by atoms with Crippen molar-refractivity contribution in [3.05, 3.63) is 53.3 Å². The molecule has 2 aromatic rings. The number of carbonyl (C=O) groups is 1. The smallest absolute Gasteiger partial charge is 0.342 e. The maximum atomic E-state index is 12.9. The summed E-state index contributed by atoms with van der Waals surface area (Å²) in [6.07, 6.45) is 0. The van der Waals surface area contributed by atoms with Crippen LogP contribution in [-0.4, -0.2) is 27.3 Å². The number of carbonyl (C=O) groups excluding carboxylic acids is 1. The van der Waals surface area contributed by atoms with E-state index in [4.69, 9.17) is 18.9 Å². The Labute approximate surface area is 133 Å². The average Bonchev–Trinajstić information content (AvgIpc) is 2.59. The molecule has 0 bridgehead atoms. The normalized spacial score (nSPS) is 10.1. The van der Waals surface area contributed by atoms with Crippen LogP contribution in [0.25, 0.3) is 0 Å². The molecule has 23 heavy (non-hydrogen) atoms. The topological polar surface area (TPSA) is 54.0 Å². The zero-order valence-corrected chi connectivity index (χ0v) is 13.1. The average molecular weight is 320 g/mol. The SMILES string of the molecule is COc1ccc(C(=O)OCc2ccc(F)cc2)c(OC)c1OC. The maximum Gasteiger partial charge on any atom is 0.342 e. The molecule has 2 aromatic carbocycles. The molecule has 2 rings (SSSR count). The van der Waals surface area contributed by atoms with E-state index in [1.54, 1.807) is 18.2 Å². The van der Waals surface area contributed by atoms with E-state index in [2.05, 4.69) is 0 Å². The van der Waals surface area contributed by atoms with Gasteiger partial charge < -0.3 is 18.9 Å². The number of esters is 1. The number of rotatable bonds is 6. The molecule has 0 aliphatic carbocycles. The molecule has 0 aliphatic heterocycles. The van der Waals surface area contributed by atoms with Crippen LogP contribution in [0.5, 0.6) is 17.2 Å². The van der Waals surface area contributed by atoms with Gasteiger partial charge in [0.1, 0.15) is 18.0 Å². The fraction of sp³-hybridized carbons (Fsp3) is 0.235. The van der Waals surface area contributed by atoms with Gasteiger partial charge in [-0.15, -0.1) is 0 Å². The Balaban J connectivity index is 2.20. The molecule has 0 aliphatic rings. The first-order valence-corrected chi connectivity index (χ1v) is 6.81. The van der Waals surface area contributed by atoms with Gasteiger partial charge in [0, 0.05) is 0 Å². The first kappa shape index (κ1) is 16.6. The van der Waals surface area contributed by atoms with Crippen LogP contribution in [0, 0.1) is 5.82 Å². The van der Waals surface area contributed by atoms with E-state index >= 15 is 0 Å². The second kappa shape index (κ2) is 7.49. The summed E-state index contributed by atoms with van der Waals surface area (Å²) in [6, 6.07) is 8.84. The molecule has 0 amide bonds. The number of benzene rings is 2. The first-order chi connectivity index (χ1) is 11.1. The van der Waals surface area contributed by atoms with Crippen molar-refractivity contribution in [3.63, 3.8) is 0 Å². The highest BCUT2D eigenvalue weighted by Crippen LogP contribution is 2.40. The Hall–Kier alpha value is -2.76. The van der Waals surface area contributed by atoms with Crippen LogP contribution in [0.4, 0.5) is 4.39 Å². The van der Waals surface area contributed by atoms with Crippen molar-refractivity contribution < 1.29 is 28.1 Å². The zero-order valence-electron chi connectivity index (χ0n) is 13.1. The minimum Gasteiger partial charge on any atom is -0.493 e. The monoisotopic (exact) mass is 320 g/mol. The standard InChI is InChI=1S/C17H17FO5/c1-20-14-9-8-13(15(21-2)16(14)22-3)17(19)23-10-11-4-6-12(18)7-5-11/h4-9H,10H2,1-3H3. The summed E-state index contributed by atoms with van der Waals surface area (Å²) in [5, 5.41) is 0. The summed E-state index contributed by atoms with van der Waals surface area (Å²) in [6.45, 7) is 0.0244. The Bertz CT molecular complexity index is 682. The van der Waals surface area contributed by atoms with Gasteiger partial charge in [-0.3, -0.25) is 0 Å². The third-order valence-electron chi connectivity index (χ3n) is 3.21. The van der Waals surface area contributed by atoms with Crippen molar-refractivity contribution in [3.8, 4) is 17.2 Å². The quantitative estimate of drug-likeness (QED) is 0.765. The molecular weight excluding hydrogens is 303 g/mol. The van der Waals surface area contributed by atoms with Gasteiger partial charge in [-0.1, -0.05) is 12.1 Å². The van der Waals surface area contributed by atoms with Gasteiger partial charge in [-0.05, 0) is 29.8 Å². The van der Waals surface area contributed by atoms with E-state index in [1.165, 1.54) is 39.5 Å². The summed E-state index contributed by atoms with van der Waals surface area (Å²) < 4.78 is 33.7. The maximum absolute atomic E-state index is 12.9. The van der Waals surface area contributed by atoms with Gasteiger partial charge in [-0.2, -0.15) is 0 Å². The molecule has 0 spiro atoms. The van der Waals surface area contributed by atoms with E-state index in [0.717, 1.165) is 0 Å². The molecule has 0 atom stereocenters. The molecule has 0 fully saturated rings. The zero-order chi connectivity index (χ0) is 16.8. The van der Waals surface area contributed by atoms with Gasteiger partial charge in [0.2, 0.25) is 5.75 Å². The number of ether oxygens (including phenoxy) is 4. The molecule has 6 heteroatoms. The molecule has 0 radical (unpaired) electrons. The van der Waals surface area contributed by atoms with E-state index in [0.29, 0.717) is 17.1 Å². The Kier molecular flexibility index (Phi) is 5.41. The lowest BCUT2D eigenvalue weighted by atomic mass is 10.1. The van der Waals surface area contributed by atoms with Gasteiger partial charge in [0.25, 0.3) is 0 Å². The summed E-state index contributed by atoms with van der Waals surface area (Å²) in [5.41, 5.74) is 0.895. The van der Waals surface area contributed by atoms with Crippen molar-refractivity contribution in [1.82, 2.24) is 0 Å². The van der Waals surface area contributed by atoms with E-state index in [1.807, 2.05) is 0 Å². The van der Waals surface area contributed by atoms with Crippen LogP contribution in [0.15, 0.2) is 36.4 Å². The molecule has 0 N–H and O–H groups in total. The van der Waals surface area contributed by atoms with Crippen molar-refractivity contribution in [2.24, 2.45) is 0 Å². The predicted molar refractivity (Wildman–Crippen MR) is 81.6 cm³/mol. The van der Waals surface area contributed by atoms with Gasteiger partial charge in [0.15, 0.2) is 11.5 Å². The molecule has 0 unspecified atom stereocenters. The van der Waals surface area contributed by atoms with Crippen LogP contribution < -0.4 is 14.2 Å². The molecule has 0 heterocycles. The number of hydrogen-bond acceptors (Lipinski definition) is 5. The van der Waals surface area contributed by atoms with Gasteiger partial charge in [-0.25, -0.2) is 9.18 Å². The van der Waals surface area contributed by atoms with Gasteiger partial charge >= 0.3 is 5.97 Å². The van der Waals surface area contributed by atoms with Crippen molar-refractivity contribution in [2.45, 2.75) is 6.61 Å².